The van der Waals surface area contributed by atoms with Crippen LogP contribution in [0.3, 0.4) is 0 Å². The number of amides is 2. The number of aromatic nitrogens is 2. The maximum absolute atomic E-state index is 13.3. The van der Waals surface area contributed by atoms with E-state index in [0.29, 0.717) is 41.1 Å². The molecule has 2 amide bonds. The van der Waals surface area contributed by atoms with Gasteiger partial charge in [0.1, 0.15) is 0 Å². The van der Waals surface area contributed by atoms with Crippen molar-refractivity contribution in [2.75, 3.05) is 18.4 Å². The molecule has 1 fully saturated rings. The lowest BCUT2D eigenvalue weighted by Gasteiger charge is -2.28. The molecule has 1 heterocycles. The maximum atomic E-state index is 13.3. The fourth-order valence-electron chi connectivity index (χ4n) is 5.13. The van der Waals surface area contributed by atoms with Gasteiger partial charge < -0.3 is 16.4 Å². The summed E-state index contributed by atoms with van der Waals surface area (Å²) >= 11 is 6.04. The fraction of sp³-hybridized carbons (Fsp3) is 0.414. The Kier molecular flexibility index (Phi) is 9.36. The zero-order valence-corrected chi connectivity index (χ0v) is 22.1. The molecule has 8 heteroatoms. The molecule has 0 saturated heterocycles. The second kappa shape index (κ2) is 12.9. The molecule has 196 valence electrons. The summed E-state index contributed by atoms with van der Waals surface area (Å²) in [6, 6.07) is 14.8. The SMILES string of the molecule is CCCc1c(C(=O)Nc2ccccc2CC(=O)NCC2CCCC(CN)C2)cnn1-c1ccc(Cl)cc1. The van der Waals surface area contributed by atoms with Gasteiger partial charge >= 0.3 is 0 Å². The van der Waals surface area contributed by atoms with Crippen molar-refractivity contribution >= 4 is 29.1 Å². The van der Waals surface area contributed by atoms with Crippen LogP contribution in [0.1, 0.15) is 60.6 Å². The van der Waals surface area contributed by atoms with Gasteiger partial charge in [0.2, 0.25) is 5.91 Å². The van der Waals surface area contributed by atoms with E-state index >= 15 is 0 Å². The number of nitrogens with one attached hydrogen (secondary N) is 2. The van der Waals surface area contributed by atoms with Crippen molar-refractivity contribution in [2.24, 2.45) is 17.6 Å². The zero-order chi connectivity index (χ0) is 26.2. The predicted molar refractivity (Wildman–Crippen MR) is 148 cm³/mol. The average Bonchev–Trinajstić information content (AvgIpc) is 3.33. The molecule has 0 bridgehead atoms. The smallest absolute Gasteiger partial charge is 0.259 e. The lowest BCUT2D eigenvalue weighted by atomic mass is 9.81. The van der Waals surface area contributed by atoms with Crippen LogP contribution in [0.15, 0.2) is 54.7 Å². The third-order valence-corrected chi connectivity index (χ3v) is 7.35. The van der Waals surface area contributed by atoms with Gasteiger partial charge in [-0.25, -0.2) is 4.68 Å². The second-order valence-electron chi connectivity index (χ2n) is 9.87. The number of para-hydroxylation sites is 1. The molecule has 1 aliphatic rings. The van der Waals surface area contributed by atoms with Gasteiger partial charge in [-0.2, -0.15) is 5.10 Å². The predicted octanol–water partition coefficient (Wildman–Crippen LogP) is 5.15. The summed E-state index contributed by atoms with van der Waals surface area (Å²) in [4.78, 5) is 26.1. The number of rotatable bonds is 10. The molecule has 2 unspecified atom stereocenters. The van der Waals surface area contributed by atoms with Gasteiger partial charge in [-0.05, 0) is 80.0 Å². The number of hydrogen-bond donors (Lipinski definition) is 3. The molecular weight excluding hydrogens is 486 g/mol. The number of nitrogens with two attached hydrogens (primary N) is 1. The standard InChI is InChI=1S/C29H36ClN5O2/c1-2-6-27-25(19-33-35(27)24-13-11-23(30)12-14-24)29(37)34-26-10-4-3-9-22(26)16-28(36)32-18-21-8-5-7-20(15-21)17-31/h3-4,9-14,19-21H,2,5-8,15-18,31H2,1H3,(H,32,36)(H,34,37). The lowest BCUT2D eigenvalue weighted by Crippen LogP contribution is -2.34. The largest absolute Gasteiger partial charge is 0.356 e. The first kappa shape index (κ1) is 26.9. The van der Waals surface area contributed by atoms with Crippen LogP contribution in [0, 0.1) is 11.8 Å². The van der Waals surface area contributed by atoms with Crippen LogP contribution >= 0.6 is 11.6 Å². The topological polar surface area (TPSA) is 102 Å². The van der Waals surface area contributed by atoms with E-state index in [4.69, 9.17) is 17.3 Å². The van der Waals surface area contributed by atoms with Crippen LogP contribution in [0.25, 0.3) is 5.69 Å². The maximum Gasteiger partial charge on any atom is 0.259 e. The van der Waals surface area contributed by atoms with Crippen LogP contribution in [-0.4, -0.2) is 34.7 Å². The van der Waals surface area contributed by atoms with Crippen molar-refractivity contribution in [3.63, 3.8) is 0 Å². The van der Waals surface area contributed by atoms with Crippen LogP contribution in [0.5, 0.6) is 0 Å². The van der Waals surface area contributed by atoms with Gasteiger partial charge in [-0.1, -0.05) is 49.6 Å². The number of halogens is 1. The summed E-state index contributed by atoms with van der Waals surface area (Å²) < 4.78 is 1.79. The molecule has 2 atom stereocenters. The van der Waals surface area contributed by atoms with E-state index in [9.17, 15) is 9.59 Å². The molecule has 4 rings (SSSR count). The molecule has 0 radical (unpaired) electrons. The molecule has 0 spiro atoms. The monoisotopic (exact) mass is 521 g/mol. The summed E-state index contributed by atoms with van der Waals surface area (Å²) in [5.41, 5.74) is 9.46. The van der Waals surface area contributed by atoms with Crippen LogP contribution in [0.4, 0.5) is 5.69 Å². The van der Waals surface area contributed by atoms with Gasteiger partial charge in [0.15, 0.2) is 0 Å². The Hall–Kier alpha value is -3.16. The van der Waals surface area contributed by atoms with Gasteiger partial charge in [0, 0.05) is 17.3 Å². The molecule has 37 heavy (non-hydrogen) atoms. The summed E-state index contributed by atoms with van der Waals surface area (Å²) in [7, 11) is 0. The minimum atomic E-state index is -0.244. The highest BCUT2D eigenvalue weighted by Gasteiger charge is 2.22. The lowest BCUT2D eigenvalue weighted by molar-refractivity contribution is -0.120. The number of benzene rings is 2. The van der Waals surface area contributed by atoms with Crippen LogP contribution < -0.4 is 16.4 Å². The van der Waals surface area contributed by atoms with E-state index < -0.39 is 0 Å². The minimum absolute atomic E-state index is 0.0428. The van der Waals surface area contributed by atoms with E-state index in [1.165, 1.54) is 12.8 Å². The third kappa shape index (κ3) is 6.99. The quantitative estimate of drug-likeness (QED) is 0.343. The molecule has 3 aromatic rings. The summed E-state index contributed by atoms with van der Waals surface area (Å²) in [5.74, 6) is 0.758. The fourth-order valence-corrected chi connectivity index (χ4v) is 5.25. The van der Waals surface area contributed by atoms with E-state index in [-0.39, 0.29) is 18.2 Å². The van der Waals surface area contributed by atoms with Gasteiger partial charge in [-0.15, -0.1) is 0 Å². The second-order valence-corrected chi connectivity index (χ2v) is 10.3. The van der Waals surface area contributed by atoms with Crippen molar-refractivity contribution in [1.82, 2.24) is 15.1 Å². The van der Waals surface area contributed by atoms with E-state index in [1.54, 1.807) is 23.0 Å². The summed E-state index contributed by atoms with van der Waals surface area (Å²) in [6.45, 7) is 3.46. The van der Waals surface area contributed by atoms with Gasteiger partial charge in [0.05, 0.1) is 29.6 Å². The molecular formula is C29H36ClN5O2. The van der Waals surface area contributed by atoms with E-state index in [0.717, 1.165) is 42.8 Å². The van der Waals surface area contributed by atoms with Crippen LogP contribution in [0.2, 0.25) is 5.02 Å². The number of nitrogens with zero attached hydrogens (tertiary/aromatic N) is 2. The Labute approximate surface area is 223 Å². The molecule has 2 aromatic carbocycles. The normalized spacial score (nSPS) is 17.4. The number of carbonyl (C=O) groups is 2. The van der Waals surface area contributed by atoms with Crippen molar-refractivity contribution < 1.29 is 9.59 Å². The molecule has 1 aromatic heterocycles. The molecule has 7 nitrogen and oxygen atoms in total. The molecule has 1 saturated carbocycles. The Morgan fingerprint density at radius 2 is 1.86 bits per heavy atom. The van der Waals surface area contributed by atoms with E-state index in [1.807, 2.05) is 36.4 Å². The van der Waals surface area contributed by atoms with Crippen molar-refractivity contribution in [2.45, 2.75) is 51.9 Å². The molecule has 0 aliphatic heterocycles. The first-order valence-electron chi connectivity index (χ1n) is 13.2. The number of hydrogen-bond acceptors (Lipinski definition) is 4. The highest BCUT2D eigenvalue weighted by Crippen LogP contribution is 2.28. The molecule has 1 aliphatic carbocycles. The van der Waals surface area contributed by atoms with Crippen molar-refractivity contribution in [1.29, 1.82) is 0 Å². The van der Waals surface area contributed by atoms with E-state index in [2.05, 4.69) is 22.7 Å². The van der Waals surface area contributed by atoms with Gasteiger partial charge in [0.25, 0.3) is 5.91 Å². The Morgan fingerprint density at radius 1 is 1.11 bits per heavy atom. The highest BCUT2D eigenvalue weighted by molar-refractivity contribution is 6.30. The summed E-state index contributed by atoms with van der Waals surface area (Å²) in [5, 5.41) is 11.2. The third-order valence-electron chi connectivity index (χ3n) is 7.10. The highest BCUT2D eigenvalue weighted by atomic mass is 35.5. The Morgan fingerprint density at radius 3 is 2.62 bits per heavy atom. The summed E-state index contributed by atoms with van der Waals surface area (Å²) in [6.07, 6.45) is 7.93. The van der Waals surface area contributed by atoms with Crippen molar-refractivity contribution in [3.8, 4) is 5.69 Å². The van der Waals surface area contributed by atoms with Crippen molar-refractivity contribution in [3.05, 3.63) is 76.6 Å². The number of anilines is 1. The Bertz CT molecular complexity index is 1210. The molecule has 4 N–H and O–H groups in total. The first-order chi connectivity index (χ1) is 18.0. The Balaban J connectivity index is 1.43. The average molecular weight is 522 g/mol. The minimum Gasteiger partial charge on any atom is -0.356 e. The van der Waals surface area contributed by atoms with Gasteiger partial charge in [-0.3, -0.25) is 9.59 Å². The first-order valence-corrected chi connectivity index (χ1v) is 13.5. The zero-order valence-electron chi connectivity index (χ0n) is 21.4. The number of carbonyl (C=O) groups excluding carboxylic acids is 2. The van der Waals surface area contributed by atoms with Crippen LogP contribution in [-0.2, 0) is 17.6 Å².